The molecule has 1 N–H and O–H groups in total. The second-order valence-corrected chi connectivity index (χ2v) is 6.58. The first-order chi connectivity index (χ1) is 11.3. The lowest BCUT2D eigenvalue weighted by Gasteiger charge is -2.39. The second-order valence-electron chi connectivity index (χ2n) is 6.58. The van der Waals surface area contributed by atoms with Gasteiger partial charge in [-0.3, -0.25) is 4.79 Å². The average Bonchev–Trinajstić information content (AvgIpc) is 2.61. The van der Waals surface area contributed by atoms with Gasteiger partial charge in [0.05, 0.1) is 13.2 Å². The molecule has 2 fully saturated rings. The number of hydrogen-bond donors (Lipinski definition) is 1. The van der Waals surface area contributed by atoms with Crippen molar-refractivity contribution < 1.29 is 9.53 Å². The number of morpholine rings is 1. The van der Waals surface area contributed by atoms with Crippen molar-refractivity contribution in [3.05, 3.63) is 60.2 Å². The molecule has 2 atom stereocenters. The predicted molar refractivity (Wildman–Crippen MR) is 90.5 cm³/mol. The summed E-state index contributed by atoms with van der Waals surface area (Å²) < 4.78 is 5.57. The zero-order chi connectivity index (χ0) is 15.6. The molecule has 2 bridgehead atoms. The first kappa shape index (κ1) is 14.6. The Morgan fingerprint density at radius 2 is 1.61 bits per heavy atom. The maximum atomic E-state index is 12.9. The molecule has 2 saturated heterocycles. The van der Waals surface area contributed by atoms with Crippen LogP contribution in [0.5, 0.6) is 0 Å². The fourth-order valence-corrected chi connectivity index (χ4v) is 3.77. The van der Waals surface area contributed by atoms with Gasteiger partial charge in [0, 0.05) is 23.6 Å². The quantitative estimate of drug-likeness (QED) is 0.884. The van der Waals surface area contributed by atoms with E-state index in [1.54, 1.807) is 0 Å². The number of carbonyl (C=O) groups excluding carboxylic acids is 1. The summed E-state index contributed by atoms with van der Waals surface area (Å²) in [6, 6.07) is 18.9. The van der Waals surface area contributed by atoms with Crippen LogP contribution in [-0.2, 0) is 4.74 Å². The van der Waals surface area contributed by atoms with Gasteiger partial charge in [0.1, 0.15) is 0 Å². The van der Waals surface area contributed by atoms with Gasteiger partial charge in [-0.25, -0.2) is 0 Å². The SMILES string of the molecule is O=C(c1cccc(-c2ccccc2)c1)C1CC2COCC(C1)N2. The molecule has 3 nitrogen and oxygen atoms in total. The summed E-state index contributed by atoms with van der Waals surface area (Å²) in [5.74, 6) is 0.391. The fourth-order valence-electron chi connectivity index (χ4n) is 3.77. The molecule has 0 aromatic heterocycles. The number of ether oxygens (including phenoxy) is 1. The molecule has 2 aliphatic rings. The molecule has 2 aromatic carbocycles. The summed E-state index contributed by atoms with van der Waals surface area (Å²) in [5.41, 5.74) is 3.09. The lowest BCUT2D eigenvalue weighted by molar-refractivity contribution is 0.00953. The van der Waals surface area contributed by atoms with E-state index in [1.807, 2.05) is 36.4 Å². The molecule has 118 valence electrons. The molecule has 4 rings (SSSR count). The number of nitrogens with one attached hydrogen (secondary N) is 1. The topological polar surface area (TPSA) is 38.3 Å². The Morgan fingerprint density at radius 3 is 2.35 bits per heavy atom. The van der Waals surface area contributed by atoms with Crippen molar-refractivity contribution in [2.24, 2.45) is 5.92 Å². The summed E-state index contributed by atoms with van der Waals surface area (Å²) in [6.45, 7) is 1.45. The van der Waals surface area contributed by atoms with Crippen LogP contribution >= 0.6 is 0 Å². The van der Waals surface area contributed by atoms with Crippen LogP contribution in [0.2, 0.25) is 0 Å². The minimum absolute atomic E-state index is 0.112. The lowest BCUT2D eigenvalue weighted by atomic mass is 9.82. The summed E-state index contributed by atoms with van der Waals surface area (Å²) >= 11 is 0. The largest absolute Gasteiger partial charge is 0.378 e. The van der Waals surface area contributed by atoms with Crippen LogP contribution in [0, 0.1) is 5.92 Å². The molecule has 0 radical (unpaired) electrons. The van der Waals surface area contributed by atoms with E-state index in [2.05, 4.69) is 23.5 Å². The van der Waals surface area contributed by atoms with Gasteiger partial charge in [-0.15, -0.1) is 0 Å². The van der Waals surface area contributed by atoms with Crippen LogP contribution in [0.25, 0.3) is 11.1 Å². The molecule has 0 spiro atoms. The molecule has 2 heterocycles. The predicted octanol–water partition coefficient (Wildman–Crippen LogP) is 3.30. The van der Waals surface area contributed by atoms with Gasteiger partial charge < -0.3 is 10.1 Å². The maximum absolute atomic E-state index is 12.9. The fraction of sp³-hybridized carbons (Fsp3) is 0.350. The number of Topliss-reactive ketones (excluding diaryl/α,β-unsaturated/α-hetero) is 1. The third-order valence-electron chi connectivity index (χ3n) is 4.87. The van der Waals surface area contributed by atoms with E-state index < -0.39 is 0 Å². The summed E-state index contributed by atoms with van der Waals surface area (Å²) in [5, 5.41) is 3.55. The highest BCUT2D eigenvalue weighted by molar-refractivity contribution is 5.99. The molecule has 2 unspecified atom stereocenters. The molecule has 2 aliphatic heterocycles. The van der Waals surface area contributed by atoms with Crippen molar-refractivity contribution in [2.45, 2.75) is 24.9 Å². The smallest absolute Gasteiger partial charge is 0.166 e. The van der Waals surface area contributed by atoms with E-state index in [0.29, 0.717) is 12.1 Å². The number of hydrogen-bond acceptors (Lipinski definition) is 3. The summed E-state index contributed by atoms with van der Waals surface area (Å²) in [6.07, 6.45) is 1.76. The van der Waals surface area contributed by atoms with E-state index in [9.17, 15) is 4.79 Å². The zero-order valence-corrected chi connectivity index (χ0v) is 13.1. The zero-order valence-electron chi connectivity index (χ0n) is 13.1. The van der Waals surface area contributed by atoms with Crippen molar-refractivity contribution in [2.75, 3.05) is 13.2 Å². The van der Waals surface area contributed by atoms with Crippen LogP contribution in [0.1, 0.15) is 23.2 Å². The molecular formula is C20H21NO2. The van der Waals surface area contributed by atoms with Gasteiger partial charge in [0.2, 0.25) is 0 Å². The average molecular weight is 307 g/mol. The number of rotatable bonds is 3. The van der Waals surface area contributed by atoms with Crippen LogP contribution in [-0.4, -0.2) is 31.1 Å². The molecule has 0 saturated carbocycles. The monoisotopic (exact) mass is 307 g/mol. The maximum Gasteiger partial charge on any atom is 0.166 e. The number of carbonyl (C=O) groups is 1. The Kier molecular flexibility index (Phi) is 3.98. The molecule has 2 aromatic rings. The number of benzene rings is 2. The molecule has 0 aliphatic carbocycles. The van der Waals surface area contributed by atoms with Crippen molar-refractivity contribution in [3.63, 3.8) is 0 Å². The minimum Gasteiger partial charge on any atom is -0.378 e. The van der Waals surface area contributed by atoms with Crippen LogP contribution in [0.3, 0.4) is 0 Å². The Morgan fingerprint density at radius 1 is 0.913 bits per heavy atom. The Balaban J connectivity index is 1.57. The van der Waals surface area contributed by atoms with E-state index in [4.69, 9.17) is 4.74 Å². The summed E-state index contributed by atoms with van der Waals surface area (Å²) in [7, 11) is 0. The first-order valence-corrected chi connectivity index (χ1v) is 8.33. The van der Waals surface area contributed by atoms with Crippen molar-refractivity contribution in [1.82, 2.24) is 5.32 Å². The second kappa shape index (κ2) is 6.26. The normalized spacial score (nSPS) is 26.7. The van der Waals surface area contributed by atoms with E-state index in [1.165, 1.54) is 0 Å². The van der Waals surface area contributed by atoms with Crippen LogP contribution in [0.4, 0.5) is 0 Å². The Hall–Kier alpha value is -1.97. The lowest BCUT2D eigenvalue weighted by Crippen LogP contribution is -2.55. The van der Waals surface area contributed by atoms with Gasteiger partial charge in [0.15, 0.2) is 5.78 Å². The van der Waals surface area contributed by atoms with Crippen molar-refractivity contribution in [3.8, 4) is 11.1 Å². The van der Waals surface area contributed by atoms with Crippen LogP contribution < -0.4 is 5.32 Å². The number of fused-ring (bicyclic) bond motifs is 2. The Bertz CT molecular complexity index is 686. The first-order valence-electron chi connectivity index (χ1n) is 8.33. The number of ketones is 1. The highest BCUT2D eigenvalue weighted by Crippen LogP contribution is 2.28. The third kappa shape index (κ3) is 3.07. The molecule has 3 heteroatoms. The van der Waals surface area contributed by atoms with Crippen molar-refractivity contribution in [1.29, 1.82) is 0 Å². The standard InChI is InChI=1S/C20H21NO2/c22-20(17-10-18-12-23-13-19(11-17)21-18)16-8-4-7-15(9-16)14-5-2-1-3-6-14/h1-9,17-19,21H,10-13H2. The van der Waals surface area contributed by atoms with Crippen LogP contribution in [0.15, 0.2) is 54.6 Å². The van der Waals surface area contributed by atoms with Gasteiger partial charge >= 0.3 is 0 Å². The van der Waals surface area contributed by atoms with Crippen molar-refractivity contribution >= 4 is 5.78 Å². The highest BCUT2D eigenvalue weighted by atomic mass is 16.5. The number of piperidine rings is 1. The van der Waals surface area contributed by atoms with E-state index >= 15 is 0 Å². The van der Waals surface area contributed by atoms with Gasteiger partial charge in [-0.2, -0.15) is 0 Å². The van der Waals surface area contributed by atoms with E-state index in [-0.39, 0.29) is 11.7 Å². The highest BCUT2D eigenvalue weighted by Gasteiger charge is 2.35. The van der Waals surface area contributed by atoms with Gasteiger partial charge in [0.25, 0.3) is 0 Å². The van der Waals surface area contributed by atoms with E-state index in [0.717, 1.165) is 42.7 Å². The summed E-state index contributed by atoms with van der Waals surface area (Å²) in [4.78, 5) is 12.9. The molecular weight excluding hydrogens is 286 g/mol. The Labute approximate surface area is 136 Å². The minimum atomic E-state index is 0.112. The molecule has 0 amide bonds. The third-order valence-corrected chi connectivity index (χ3v) is 4.87. The molecule has 23 heavy (non-hydrogen) atoms. The van der Waals surface area contributed by atoms with Gasteiger partial charge in [-0.1, -0.05) is 48.5 Å². The van der Waals surface area contributed by atoms with Gasteiger partial charge in [-0.05, 0) is 30.0 Å².